The van der Waals surface area contributed by atoms with Crippen molar-refractivity contribution in [1.29, 1.82) is 0 Å². The van der Waals surface area contributed by atoms with Crippen molar-refractivity contribution in [2.75, 3.05) is 24.6 Å². The molecular formula is C17H30N6O2S. The second-order valence-corrected chi connectivity index (χ2v) is 10.1. The summed E-state index contributed by atoms with van der Waals surface area (Å²) >= 11 is 0. The van der Waals surface area contributed by atoms with Crippen molar-refractivity contribution in [1.82, 2.24) is 25.4 Å². The van der Waals surface area contributed by atoms with Crippen LogP contribution in [-0.4, -0.2) is 59.8 Å². The van der Waals surface area contributed by atoms with Gasteiger partial charge in [0.2, 0.25) is 0 Å². The summed E-state index contributed by atoms with van der Waals surface area (Å²) < 4.78 is 25.3. The van der Waals surface area contributed by atoms with Gasteiger partial charge in [-0.1, -0.05) is 13.8 Å². The number of hydrogen-bond acceptors (Lipinski definition) is 5. The lowest BCUT2D eigenvalue weighted by Gasteiger charge is -2.26. The molecule has 1 aromatic heterocycles. The van der Waals surface area contributed by atoms with Gasteiger partial charge in [-0.25, -0.2) is 18.1 Å². The van der Waals surface area contributed by atoms with Crippen LogP contribution in [0.5, 0.6) is 0 Å². The molecule has 0 saturated carbocycles. The van der Waals surface area contributed by atoms with E-state index in [0.717, 1.165) is 50.0 Å². The molecule has 146 valence electrons. The molecule has 0 radical (unpaired) electrons. The van der Waals surface area contributed by atoms with Crippen LogP contribution < -0.4 is 10.6 Å². The van der Waals surface area contributed by atoms with Crippen LogP contribution in [0.2, 0.25) is 0 Å². The van der Waals surface area contributed by atoms with E-state index in [1.807, 2.05) is 11.6 Å². The molecule has 26 heavy (non-hydrogen) atoms. The zero-order valence-electron chi connectivity index (χ0n) is 15.9. The quantitative estimate of drug-likeness (QED) is 0.569. The molecule has 1 saturated heterocycles. The molecular weight excluding hydrogens is 352 g/mol. The average Bonchev–Trinajstić information content (AvgIpc) is 3.10. The van der Waals surface area contributed by atoms with Crippen molar-refractivity contribution in [2.45, 2.75) is 52.6 Å². The fourth-order valence-electron chi connectivity index (χ4n) is 3.45. The van der Waals surface area contributed by atoms with E-state index in [1.54, 1.807) is 0 Å². The van der Waals surface area contributed by atoms with Gasteiger partial charge in [0.15, 0.2) is 15.8 Å². The number of guanidine groups is 1. The summed E-state index contributed by atoms with van der Waals surface area (Å²) in [4.78, 5) is 9.12. The normalized spacial score (nSPS) is 25.3. The Morgan fingerprint density at radius 1 is 1.38 bits per heavy atom. The largest absolute Gasteiger partial charge is 0.356 e. The van der Waals surface area contributed by atoms with Crippen LogP contribution in [0.15, 0.2) is 4.99 Å². The minimum Gasteiger partial charge on any atom is -0.356 e. The zero-order valence-corrected chi connectivity index (χ0v) is 16.7. The molecule has 1 aromatic rings. The van der Waals surface area contributed by atoms with Crippen LogP contribution in [0, 0.1) is 18.8 Å². The number of sulfone groups is 1. The maximum Gasteiger partial charge on any atom is 0.191 e. The Bertz CT molecular complexity index is 755. The summed E-state index contributed by atoms with van der Waals surface area (Å²) in [6.45, 7) is 8.34. The van der Waals surface area contributed by atoms with E-state index in [9.17, 15) is 8.42 Å². The predicted octanol–water partition coefficient (Wildman–Crippen LogP) is 0.527. The van der Waals surface area contributed by atoms with Gasteiger partial charge in [0, 0.05) is 25.6 Å². The number of hydrogen-bond donors (Lipinski definition) is 2. The molecule has 2 N–H and O–H groups in total. The molecule has 0 aromatic carbocycles. The Hall–Kier alpha value is -1.64. The Morgan fingerprint density at radius 2 is 2.19 bits per heavy atom. The fourth-order valence-corrected chi connectivity index (χ4v) is 5.31. The van der Waals surface area contributed by atoms with Crippen LogP contribution in [0.1, 0.15) is 38.3 Å². The third-order valence-electron chi connectivity index (χ3n) is 4.80. The first-order valence-corrected chi connectivity index (χ1v) is 11.3. The van der Waals surface area contributed by atoms with Gasteiger partial charge in [0.1, 0.15) is 11.6 Å². The molecule has 0 aliphatic carbocycles. The summed E-state index contributed by atoms with van der Waals surface area (Å²) in [7, 11) is -2.85. The second kappa shape index (κ2) is 7.94. The number of fused-ring (bicyclic) bond motifs is 1. The average molecular weight is 383 g/mol. The number of nitrogens with zero attached hydrogens (tertiary/aromatic N) is 4. The monoisotopic (exact) mass is 382 g/mol. The van der Waals surface area contributed by atoms with E-state index in [4.69, 9.17) is 0 Å². The van der Waals surface area contributed by atoms with Gasteiger partial charge < -0.3 is 10.6 Å². The number of rotatable bonds is 5. The van der Waals surface area contributed by atoms with Crippen molar-refractivity contribution >= 4 is 15.8 Å². The van der Waals surface area contributed by atoms with Crippen LogP contribution >= 0.6 is 0 Å². The third-order valence-corrected chi connectivity index (χ3v) is 6.64. The molecule has 2 aliphatic rings. The van der Waals surface area contributed by atoms with Gasteiger partial charge in [0.05, 0.1) is 18.1 Å². The van der Waals surface area contributed by atoms with Gasteiger partial charge in [-0.15, -0.1) is 0 Å². The molecule has 3 rings (SSSR count). The maximum absolute atomic E-state index is 11.6. The molecule has 2 aliphatic heterocycles. The van der Waals surface area contributed by atoms with Gasteiger partial charge in [-0.3, -0.25) is 4.99 Å². The standard InChI is InChI=1S/C17H30N6O2S/c1-12(2)8-18-17(19-9-14-6-7-26(24,25)11-14)21-15-4-5-16-20-13(3)22-23(16)10-15/h12,14-15H,4-11H2,1-3H3,(H2,18,19,21). The van der Waals surface area contributed by atoms with Crippen LogP contribution in [0.3, 0.4) is 0 Å². The Balaban J connectivity index is 1.58. The van der Waals surface area contributed by atoms with E-state index in [2.05, 4.69) is 39.6 Å². The summed E-state index contributed by atoms with van der Waals surface area (Å²) in [5.74, 6) is 3.86. The Morgan fingerprint density at radius 3 is 2.88 bits per heavy atom. The predicted molar refractivity (Wildman–Crippen MR) is 102 cm³/mol. The minimum atomic E-state index is -2.85. The van der Waals surface area contributed by atoms with Crippen molar-refractivity contribution < 1.29 is 8.42 Å². The van der Waals surface area contributed by atoms with Crippen molar-refractivity contribution in [3.8, 4) is 0 Å². The summed E-state index contributed by atoms with van der Waals surface area (Å²) in [6, 6.07) is 0.245. The number of aryl methyl sites for hydroxylation is 2. The van der Waals surface area contributed by atoms with E-state index in [0.29, 0.717) is 18.2 Å². The lowest BCUT2D eigenvalue weighted by Crippen LogP contribution is -2.48. The lowest BCUT2D eigenvalue weighted by atomic mass is 10.1. The summed E-state index contributed by atoms with van der Waals surface area (Å²) in [5, 5.41) is 11.3. The topological polar surface area (TPSA) is 101 Å². The highest BCUT2D eigenvalue weighted by atomic mass is 32.2. The summed E-state index contributed by atoms with van der Waals surface area (Å²) in [5.41, 5.74) is 0. The van der Waals surface area contributed by atoms with Gasteiger partial charge in [0.25, 0.3) is 0 Å². The smallest absolute Gasteiger partial charge is 0.191 e. The molecule has 3 heterocycles. The highest BCUT2D eigenvalue weighted by molar-refractivity contribution is 7.91. The molecule has 2 atom stereocenters. The second-order valence-electron chi connectivity index (χ2n) is 7.87. The number of aromatic nitrogens is 3. The third kappa shape index (κ3) is 5.18. The van der Waals surface area contributed by atoms with Crippen LogP contribution in [0.4, 0.5) is 0 Å². The van der Waals surface area contributed by atoms with E-state index < -0.39 is 9.84 Å². The molecule has 1 fully saturated rings. The van der Waals surface area contributed by atoms with E-state index in [-0.39, 0.29) is 17.7 Å². The first kappa shape index (κ1) is 19.1. The van der Waals surface area contributed by atoms with Gasteiger partial charge in [-0.05, 0) is 31.6 Å². The first-order valence-electron chi connectivity index (χ1n) is 9.46. The zero-order chi connectivity index (χ0) is 18.7. The molecule has 8 nitrogen and oxygen atoms in total. The number of nitrogens with one attached hydrogen (secondary N) is 2. The van der Waals surface area contributed by atoms with E-state index >= 15 is 0 Å². The summed E-state index contributed by atoms with van der Waals surface area (Å²) in [6.07, 6.45) is 2.62. The van der Waals surface area contributed by atoms with Gasteiger partial charge in [-0.2, -0.15) is 5.10 Å². The Kier molecular flexibility index (Phi) is 5.84. The fraction of sp³-hybridized carbons (Fsp3) is 0.824. The van der Waals surface area contributed by atoms with Crippen molar-refractivity contribution in [3.05, 3.63) is 11.6 Å². The molecule has 9 heteroatoms. The Labute approximate surface area is 155 Å². The molecule has 2 unspecified atom stereocenters. The molecule has 0 spiro atoms. The van der Waals surface area contributed by atoms with Crippen molar-refractivity contribution in [2.24, 2.45) is 16.8 Å². The van der Waals surface area contributed by atoms with Crippen LogP contribution in [-0.2, 0) is 22.8 Å². The maximum atomic E-state index is 11.6. The minimum absolute atomic E-state index is 0.168. The van der Waals surface area contributed by atoms with E-state index in [1.165, 1.54) is 0 Å². The lowest BCUT2D eigenvalue weighted by molar-refractivity contribution is 0.391. The number of aliphatic imine (C=N–C) groups is 1. The van der Waals surface area contributed by atoms with Crippen LogP contribution in [0.25, 0.3) is 0 Å². The molecule has 0 amide bonds. The molecule has 0 bridgehead atoms. The van der Waals surface area contributed by atoms with Crippen molar-refractivity contribution in [3.63, 3.8) is 0 Å². The highest BCUT2D eigenvalue weighted by Gasteiger charge is 2.28. The van der Waals surface area contributed by atoms with Gasteiger partial charge >= 0.3 is 0 Å². The highest BCUT2D eigenvalue weighted by Crippen LogP contribution is 2.17. The first-order chi connectivity index (χ1) is 12.3. The SMILES string of the molecule is Cc1nc2n(n1)CC(NC(=NCC(C)C)NCC1CCS(=O)(=O)C1)CC2.